The van der Waals surface area contributed by atoms with Crippen molar-refractivity contribution in [1.29, 1.82) is 0 Å². The number of thioether (sulfide) groups is 1. The fourth-order valence-corrected chi connectivity index (χ4v) is 0.757. The van der Waals surface area contributed by atoms with Gasteiger partial charge in [0.1, 0.15) is 0 Å². The first kappa shape index (κ1) is 4.02. The highest BCUT2D eigenvalue weighted by Crippen LogP contribution is 2.10. The van der Waals surface area contributed by atoms with Crippen molar-refractivity contribution in [2.45, 2.75) is 0 Å². The lowest BCUT2D eigenvalue weighted by Crippen LogP contribution is -2.19. The molecule has 0 atom stereocenters. The Morgan fingerprint density at radius 1 is 1.83 bits per heavy atom. The van der Waals surface area contributed by atoms with Crippen LogP contribution in [0.3, 0.4) is 0 Å². The zero-order chi connectivity index (χ0) is 4.41. The lowest BCUT2D eigenvalue weighted by Gasteiger charge is -1.86. The van der Waals surface area contributed by atoms with Crippen LogP contribution in [-0.4, -0.2) is 5.88 Å². The second kappa shape index (κ2) is 1.53. The molecular formula is C3H6N2S. The zero-order valence-electron chi connectivity index (χ0n) is 3.32. The van der Waals surface area contributed by atoms with Gasteiger partial charge in [0.15, 0.2) is 0 Å². The SMILES string of the molecule is C=C1NNCS1. The Hall–Kier alpha value is -0.150. The Bertz CT molecular complexity index is 63.2. The number of rotatable bonds is 0. The van der Waals surface area contributed by atoms with Crippen molar-refractivity contribution < 1.29 is 0 Å². The lowest BCUT2D eigenvalue weighted by atomic mass is 11.0. The largest absolute Gasteiger partial charge is 0.315 e. The van der Waals surface area contributed by atoms with Crippen LogP contribution < -0.4 is 10.9 Å². The topological polar surface area (TPSA) is 24.1 Å². The van der Waals surface area contributed by atoms with Crippen molar-refractivity contribution in [3.63, 3.8) is 0 Å². The van der Waals surface area contributed by atoms with Crippen molar-refractivity contribution in [1.82, 2.24) is 10.9 Å². The minimum Gasteiger partial charge on any atom is -0.315 e. The van der Waals surface area contributed by atoms with E-state index < -0.39 is 0 Å². The third-order valence-electron chi connectivity index (χ3n) is 0.546. The van der Waals surface area contributed by atoms with Gasteiger partial charge in [-0.1, -0.05) is 18.3 Å². The highest BCUT2D eigenvalue weighted by Gasteiger charge is 1.98. The van der Waals surface area contributed by atoms with Crippen LogP contribution in [0.2, 0.25) is 0 Å². The molecule has 3 heteroatoms. The molecule has 0 spiro atoms. The summed E-state index contributed by atoms with van der Waals surface area (Å²) in [5, 5.41) is 1.01. The summed E-state index contributed by atoms with van der Waals surface area (Å²) in [6.07, 6.45) is 0. The van der Waals surface area contributed by atoms with E-state index in [1.54, 1.807) is 11.8 Å². The van der Waals surface area contributed by atoms with Crippen molar-refractivity contribution in [2.24, 2.45) is 0 Å². The fourth-order valence-electron chi connectivity index (χ4n) is 0.294. The molecule has 0 unspecified atom stereocenters. The Labute approximate surface area is 41.0 Å². The summed E-state index contributed by atoms with van der Waals surface area (Å²) < 4.78 is 0. The first-order valence-corrected chi connectivity index (χ1v) is 2.69. The van der Waals surface area contributed by atoms with Gasteiger partial charge in [0.25, 0.3) is 0 Å². The second-order valence-electron chi connectivity index (χ2n) is 1.01. The molecule has 1 saturated heterocycles. The van der Waals surface area contributed by atoms with Crippen molar-refractivity contribution >= 4 is 11.8 Å². The van der Waals surface area contributed by atoms with E-state index in [0.717, 1.165) is 10.9 Å². The smallest absolute Gasteiger partial charge is 0.0764 e. The number of hydrogen-bond acceptors (Lipinski definition) is 3. The molecule has 0 aromatic heterocycles. The highest BCUT2D eigenvalue weighted by molar-refractivity contribution is 8.03. The number of nitrogens with one attached hydrogen (secondary N) is 2. The third-order valence-corrected chi connectivity index (χ3v) is 1.29. The van der Waals surface area contributed by atoms with Gasteiger partial charge in [0.2, 0.25) is 0 Å². The van der Waals surface area contributed by atoms with Crippen LogP contribution in [0.4, 0.5) is 0 Å². The average molecular weight is 102 g/mol. The maximum Gasteiger partial charge on any atom is 0.0764 e. The summed E-state index contributed by atoms with van der Waals surface area (Å²) in [4.78, 5) is 0. The highest BCUT2D eigenvalue weighted by atomic mass is 32.2. The lowest BCUT2D eigenvalue weighted by molar-refractivity contribution is 0.731. The molecule has 1 rings (SSSR count). The molecule has 0 saturated carbocycles. The maximum absolute atomic E-state index is 3.64. The summed E-state index contributed by atoms with van der Waals surface area (Å²) in [6, 6.07) is 0. The fraction of sp³-hybridized carbons (Fsp3) is 0.333. The summed E-state index contributed by atoms with van der Waals surface area (Å²) in [7, 11) is 0. The maximum atomic E-state index is 3.64. The molecule has 1 heterocycles. The van der Waals surface area contributed by atoms with Crippen molar-refractivity contribution in [2.75, 3.05) is 5.88 Å². The van der Waals surface area contributed by atoms with E-state index in [4.69, 9.17) is 0 Å². The molecule has 34 valence electrons. The van der Waals surface area contributed by atoms with Gasteiger partial charge < -0.3 is 5.43 Å². The van der Waals surface area contributed by atoms with Gasteiger partial charge in [-0.3, -0.25) is 0 Å². The minimum absolute atomic E-state index is 0.943. The summed E-state index contributed by atoms with van der Waals surface area (Å²) in [5.74, 6) is 0.943. The van der Waals surface area contributed by atoms with E-state index in [-0.39, 0.29) is 0 Å². The molecule has 1 aliphatic heterocycles. The van der Waals surface area contributed by atoms with Crippen molar-refractivity contribution in [3.8, 4) is 0 Å². The molecule has 2 N–H and O–H groups in total. The first-order chi connectivity index (χ1) is 2.89. The predicted molar refractivity (Wildman–Crippen MR) is 27.9 cm³/mol. The Balaban J connectivity index is 2.37. The molecule has 0 aromatic carbocycles. The molecule has 0 amide bonds. The van der Waals surface area contributed by atoms with Gasteiger partial charge in [-0.25, -0.2) is 5.43 Å². The molecule has 0 aliphatic carbocycles. The van der Waals surface area contributed by atoms with Crippen LogP contribution in [0.25, 0.3) is 0 Å². The summed E-state index contributed by atoms with van der Waals surface area (Å²) >= 11 is 1.68. The Kier molecular flexibility index (Phi) is 1.03. The summed E-state index contributed by atoms with van der Waals surface area (Å²) in [6.45, 7) is 3.64. The van der Waals surface area contributed by atoms with Gasteiger partial charge in [-0.2, -0.15) is 0 Å². The van der Waals surface area contributed by atoms with E-state index in [1.165, 1.54) is 0 Å². The summed E-state index contributed by atoms with van der Waals surface area (Å²) in [5.41, 5.74) is 5.72. The van der Waals surface area contributed by atoms with Crippen LogP contribution in [0.1, 0.15) is 0 Å². The van der Waals surface area contributed by atoms with Crippen LogP contribution in [-0.2, 0) is 0 Å². The monoisotopic (exact) mass is 102 g/mol. The molecule has 6 heavy (non-hydrogen) atoms. The van der Waals surface area contributed by atoms with Crippen LogP contribution in [0.5, 0.6) is 0 Å². The van der Waals surface area contributed by atoms with Crippen LogP contribution in [0.15, 0.2) is 11.6 Å². The number of hydrogen-bond donors (Lipinski definition) is 2. The van der Waals surface area contributed by atoms with Gasteiger partial charge in [-0.05, 0) is 0 Å². The van der Waals surface area contributed by atoms with Crippen LogP contribution >= 0.6 is 11.8 Å². The van der Waals surface area contributed by atoms with E-state index >= 15 is 0 Å². The van der Waals surface area contributed by atoms with E-state index in [1.807, 2.05) is 0 Å². The predicted octanol–water partition coefficient (Wildman–Crippen LogP) is 0.256. The Morgan fingerprint density at radius 2 is 2.67 bits per heavy atom. The number of hydrazine groups is 1. The van der Waals surface area contributed by atoms with E-state index in [9.17, 15) is 0 Å². The molecule has 2 nitrogen and oxygen atoms in total. The Morgan fingerprint density at radius 3 is 2.83 bits per heavy atom. The average Bonchev–Trinajstić information content (AvgIpc) is 1.86. The van der Waals surface area contributed by atoms with Gasteiger partial charge in [0, 0.05) is 0 Å². The van der Waals surface area contributed by atoms with Crippen molar-refractivity contribution in [3.05, 3.63) is 11.6 Å². The first-order valence-electron chi connectivity index (χ1n) is 1.70. The minimum atomic E-state index is 0.943. The van der Waals surface area contributed by atoms with Gasteiger partial charge in [-0.15, -0.1) is 0 Å². The van der Waals surface area contributed by atoms with Gasteiger partial charge in [0.05, 0.1) is 10.9 Å². The van der Waals surface area contributed by atoms with E-state index in [2.05, 4.69) is 17.4 Å². The second-order valence-corrected chi connectivity index (χ2v) is 2.08. The van der Waals surface area contributed by atoms with Crippen LogP contribution in [0, 0.1) is 0 Å². The van der Waals surface area contributed by atoms with Gasteiger partial charge >= 0.3 is 0 Å². The quantitative estimate of drug-likeness (QED) is 0.458. The molecule has 1 fully saturated rings. The normalized spacial score (nSPS) is 21.0. The molecular weight excluding hydrogens is 96.1 g/mol. The zero-order valence-corrected chi connectivity index (χ0v) is 4.14. The molecule has 0 aromatic rings. The molecule has 1 aliphatic rings. The van der Waals surface area contributed by atoms with E-state index in [0.29, 0.717) is 0 Å². The standard InChI is InChI=1S/C3H6N2S/c1-3-5-4-2-6-3/h4-5H,1-2H2. The molecule has 0 radical (unpaired) electrons. The third kappa shape index (κ3) is 0.666. The molecule has 0 bridgehead atoms.